The Morgan fingerprint density at radius 1 is 1.37 bits per heavy atom. The second kappa shape index (κ2) is 8.70. The topological polar surface area (TPSA) is 60.8 Å². The Balaban J connectivity index is 2.74. The molecule has 0 saturated carbocycles. The number of aliphatic hydroxyl groups is 2. The van der Waals surface area contributed by atoms with Crippen molar-refractivity contribution in [2.45, 2.75) is 19.8 Å². The van der Waals surface area contributed by atoms with Crippen molar-refractivity contribution in [3.63, 3.8) is 0 Å². The normalized spacial score (nSPS) is 9.84. The van der Waals surface area contributed by atoms with Crippen LogP contribution in [0.15, 0.2) is 11.4 Å². The molecule has 4 nitrogen and oxygen atoms in total. The Labute approximate surface area is 117 Å². The average molecular weight is 281 g/mol. The first-order valence-corrected chi connectivity index (χ1v) is 7.19. The number of rotatable bonds is 6. The lowest BCUT2D eigenvalue weighted by molar-refractivity contribution is 0.0722. The van der Waals surface area contributed by atoms with E-state index in [1.807, 2.05) is 6.92 Å². The van der Waals surface area contributed by atoms with Gasteiger partial charge in [-0.2, -0.15) is 0 Å². The molecule has 19 heavy (non-hydrogen) atoms. The summed E-state index contributed by atoms with van der Waals surface area (Å²) in [7, 11) is 0. The molecule has 1 aromatic rings. The van der Waals surface area contributed by atoms with Crippen LogP contribution in [0.2, 0.25) is 0 Å². The molecule has 1 amide bonds. The Bertz CT molecular complexity index is 453. The minimum absolute atomic E-state index is 0.0287. The standard InChI is InChI=1S/C14H19NO3S/c1-2-6-15(7-9-17)14(18)12-10-13(19-11-12)5-3-4-8-16/h10-11,16-17H,2,4,6-9H2,1H3. The zero-order valence-corrected chi connectivity index (χ0v) is 11.9. The molecule has 1 heterocycles. The lowest BCUT2D eigenvalue weighted by atomic mass is 10.2. The maximum atomic E-state index is 12.2. The van der Waals surface area contributed by atoms with Gasteiger partial charge in [-0.25, -0.2) is 0 Å². The van der Waals surface area contributed by atoms with E-state index in [-0.39, 0.29) is 19.1 Å². The highest BCUT2D eigenvalue weighted by molar-refractivity contribution is 7.10. The molecule has 0 unspecified atom stereocenters. The fourth-order valence-corrected chi connectivity index (χ4v) is 2.36. The van der Waals surface area contributed by atoms with Gasteiger partial charge in [0.1, 0.15) is 0 Å². The molecule has 0 aromatic carbocycles. The van der Waals surface area contributed by atoms with Gasteiger partial charge in [0.2, 0.25) is 0 Å². The van der Waals surface area contributed by atoms with E-state index in [0.717, 1.165) is 11.3 Å². The van der Waals surface area contributed by atoms with E-state index in [2.05, 4.69) is 11.8 Å². The fourth-order valence-electron chi connectivity index (χ4n) is 1.61. The van der Waals surface area contributed by atoms with E-state index >= 15 is 0 Å². The lowest BCUT2D eigenvalue weighted by Gasteiger charge is -2.20. The van der Waals surface area contributed by atoms with Crippen molar-refractivity contribution in [3.05, 3.63) is 21.9 Å². The van der Waals surface area contributed by atoms with Gasteiger partial charge in [0, 0.05) is 24.9 Å². The minimum atomic E-state index is -0.0673. The third kappa shape index (κ3) is 5.03. The molecule has 0 radical (unpaired) electrons. The van der Waals surface area contributed by atoms with Crippen LogP contribution in [0.25, 0.3) is 0 Å². The largest absolute Gasteiger partial charge is 0.395 e. The molecule has 0 aliphatic rings. The molecule has 104 valence electrons. The van der Waals surface area contributed by atoms with Crippen molar-refractivity contribution in [1.29, 1.82) is 0 Å². The second-order valence-corrected chi connectivity index (χ2v) is 4.90. The molecule has 0 atom stereocenters. The van der Waals surface area contributed by atoms with Crippen LogP contribution in [-0.2, 0) is 0 Å². The van der Waals surface area contributed by atoms with Crippen LogP contribution in [0.5, 0.6) is 0 Å². The zero-order chi connectivity index (χ0) is 14.1. The average Bonchev–Trinajstić information content (AvgIpc) is 2.87. The highest BCUT2D eigenvalue weighted by Gasteiger charge is 2.15. The number of hydrogen-bond donors (Lipinski definition) is 2. The van der Waals surface area contributed by atoms with Gasteiger partial charge in [-0.05, 0) is 12.5 Å². The van der Waals surface area contributed by atoms with E-state index in [0.29, 0.717) is 25.1 Å². The number of hydrogen-bond acceptors (Lipinski definition) is 4. The summed E-state index contributed by atoms with van der Waals surface area (Å²) in [5.41, 5.74) is 0.611. The SMILES string of the molecule is CCCN(CCO)C(=O)c1csc(C#CCCO)c1. The van der Waals surface area contributed by atoms with Crippen LogP contribution in [0, 0.1) is 11.8 Å². The van der Waals surface area contributed by atoms with E-state index in [1.165, 1.54) is 11.3 Å². The van der Waals surface area contributed by atoms with Crippen molar-refractivity contribution >= 4 is 17.2 Å². The summed E-state index contributed by atoms with van der Waals surface area (Å²) in [6.07, 6.45) is 1.30. The minimum Gasteiger partial charge on any atom is -0.395 e. The van der Waals surface area contributed by atoms with Crippen LogP contribution in [0.1, 0.15) is 35.0 Å². The third-order valence-corrected chi connectivity index (χ3v) is 3.29. The first-order valence-electron chi connectivity index (χ1n) is 6.31. The molecule has 1 rings (SSSR count). The van der Waals surface area contributed by atoms with Gasteiger partial charge < -0.3 is 15.1 Å². The molecule has 0 bridgehead atoms. The van der Waals surface area contributed by atoms with Crippen LogP contribution < -0.4 is 0 Å². The van der Waals surface area contributed by atoms with Crippen LogP contribution in [0.4, 0.5) is 0 Å². The summed E-state index contributed by atoms with van der Waals surface area (Å²) in [5, 5.41) is 19.4. The molecule has 0 spiro atoms. The van der Waals surface area contributed by atoms with Crippen LogP contribution in [0.3, 0.4) is 0 Å². The Kier molecular flexibility index (Phi) is 7.19. The monoisotopic (exact) mass is 281 g/mol. The molecular formula is C14H19NO3S. The van der Waals surface area contributed by atoms with Gasteiger partial charge >= 0.3 is 0 Å². The summed E-state index contributed by atoms with van der Waals surface area (Å²) in [5.74, 6) is 5.67. The molecular weight excluding hydrogens is 262 g/mol. The number of amides is 1. The van der Waals surface area contributed by atoms with Gasteiger partial charge in [0.05, 0.1) is 23.7 Å². The summed E-state index contributed by atoms with van der Waals surface area (Å²) >= 11 is 1.42. The highest BCUT2D eigenvalue weighted by Crippen LogP contribution is 2.15. The van der Waals surface area contributed by atoms with Crippen molar-refractivity contribution in [1.82, 2.24) is 4.90 Å². The predicted octanol–water partition coefficient (Wildman–Crippen LogP) is 1.33. The summed E-state index contributed by atoms with van der Waals surface area (Å²) in [6, 6.07) is 1.76. The van der Waals surface area contributed by atoms with Gasteiger partial charge in [-0.1, -0.05) is 18.8 Å². The number of thiophene rings is 1. The van der Waals surface area contributed by atoms with Crippen molar-refractivity contribution in [3.8, 4) is 11.8 Å². The number of nitrogens with zero attached hydrogens (tertiary/aromatic N) is 1. The molecule has 0 aliphatic heterocycles. The molecule has 0 fully saturated rings. The van der Waals surface area contributed by atoms with E-state index < -0.39 is 0 Å². The molecule has 0 aliphatic carbocycles. The van der Waals surface area contributed by atoms with Gasteiger partial charge in [-0.3, -0.25) is 4.79 Å². The number of aliphatic hydroxyl groups excluding tert-OH is 2. The number of carbonyl (C=O) groups is 1. The smallest absolute Gasteiger partial charge is 0.254 e. The Morgan fingerprint density at radius 2 is 2.16 bits per heavy atom. The Morgan fingerprint density at radius 3 is 2.79 bits per heavy atom. The fraction of sp³-hybridized carbons (Fsp3) is 0.500. The van der Waals surface area contributed by atoms with Gasteiger partial charge in [0.25, 0.3) is 5.91 Å². The Hall–Kier alpha value is -1.35. The maximum Gasteiger partial charge on any atom is 0.254 e. The van der Waals surface area contributed by atoms with Crippen molar-refractivity contribution in [2.24, 2.45) is 0 Å². The van der Waals surface area contributed by atoms with Crippen LogP contribution >= 0.6 is 11.3 Å². The lowest BCUT2D eigenvalue weighted by Crippen LogP contribution is -2.33. The molecule has 1 aromatic heterocycles. The second-order valence-electron chi connectivity index (χ2n) is 3.99. The molecule has 2 N–H and O–H groups in total. The molecule has 5 heteroatoms. The van der Waals surface area contributed by atoms with Gasteiger partial charge in [0.15, 0.2) is 0 Å². The quantitative estimate of drug-likeness (QED) is 0.773. The summed E-state index contributed by atoms with van der Waals surface area (Å²) in [6.45, 7) is 3.01. The first-order chi connectivity index (χ1) is 9.22. The first kappa shape index (κ1) is 15.7. The number of carbonyl (C=O) groups excluding carboxylic acids is 1. The van der Waals surface area contributed by atoms with Crippen LogP contribution in [-0.4, -0.2) is 47.3 Å². The van der Waals surface area contributed by atoms with E-state index in [4.69, 9.17) is 10.2 Å². The summed E-state index contributed by atoms with van der Waals surface area (Å²) < 4.78 is 0. The van der Waals surface area contributed by atoms with Gasteiger partial charge in [-0.15, -0.1) is 11.3 Å². The maximum absolute atomic E-state index is 12.2. The summed E-state index contributed by atoms with van der Waals surface area (Å²) in [4.78, 5) is 14.7. The third-order valence-electron chi connectivity index (χ3n) is 2.45. The molecule has 0 saturated heterocycles. The highest BCUT2D eigenvalue weighted by atomic mass is 32.1. The van der Waals surface area contributed by atoms with Crippen molar-refractivity contribution < 1.29 is 15.0 Å². The predicted molar refractivity (Wildman–Crippen MR) is 76.2 cm³/mol. The van der Waals surface area contributed by atoms with Crippen molar-refractivity contribution in [2.75, 3.05) is 26.3 Å². The zero-order valence-electron chi connectivity index (χ0n) is 11.1. The van der Waals surface area contributed by atoms with E-state index in [9.17, 15) is 4.79 Å². The van der Waals surface area contributed by atoms with E-state index in [1.54, 1.807) is 16.3 Å².